The number of rotatable bonds is 5. The first-order valence-electron chi connectivity index (χ1n) is 10.9. The van der Waals surface area contributed by atoms with Crippen molar-refractivity contribution in [1.82, 2.24) is 9.29 Å². The summed E-state index contributed by atoms with van der Waals surface area (Å²) in [5.74, 6) is 0.512. The predicted molar refractivity (Wildman–Crippen MR) is 121 cm³/mol. The second-order valence-corrected chi connectivity index (χ2v) is 11.4. The molecule has 2 aromatic rings. The van der Waals surface area contributed by atoms with Crippen molar-refractivity contribution < 1.29 is 17.9 Å². The number of nitrogens with zero attached hydrogens (tertiary/aromatic N) is 2. The van der Waals surface area contributed by atoms with Crippen LogP contribution in [0.2, 0.25) is 0 Å². The van der Waals surface area contributed by atoms with E-state index in [1.54, 1.807) is 12.1 Å². The Labute approximate surface area is 187 Å². The fourth-order valence-electron chi connectivity index (χ4n) is 4.20. The topological polar surface area (TPSA) is 88.6 Å². The van der Waals surface area contributed by atoms with Gasteiger partial charge in [0.25, 0.3) is 5.91 Å². The lowest BCUT2D eigenvalue weighted by Crippen LogP contribution is -2.32. The van der Waals surface area contributed by atoms with Crippen LogP contribution in [0.5, 0.6) is 5.75 Å². The standard InChI is InChI=1S/C22H29N3O4S2/c1-15-7-9-17-19(13-15)30-22(23-17)24-21(26)16-8-10-18(29-2)20(14-16)31(27,28)25-11-5-3-4-6-12-25/h8,10,14-15H,3-7,9,11-13H2,1-2H3,(H,23,24,26). The zero-order valence-corrected chi connectivity index (χ0v) is 19.7. The van der Waals surface area contributed by atoms with Gasteiger partial charge in [-0.3, -0.25) is 10.1 Å². The van der Waals surface area contributed by atoms with Crippen molar-refractivity contribution in [2.45, 2.75) is 56.8 Å². The molecule has 1 atom stereocenters. The molecule has 2 aliphatic rings. The van der Waals surface area contributed by atoms with Gasteiger partial charge in [0.15, 0.2) is 5.13 Å². The smallest absolute Gasteiger partial charge is 0.257 e. The summed E-state index contributed by atoms with van der Waals surface area (Å²) in [4.78, 5) is 18.8. The van der Waals surface area contributed by atoms with Gasteiger partial charge in [-0.25, -0.2) is 13.4 Å². The largest absolute Gasteiger partial charge is 0.495 e. The lowest BCUT2D eigenvalue weighted by molar-refractivity contribution is 0.102. The molecule has 1 unspecified atom stereocenters. The van der Waals surface area contributed by atoms with Crippen LogP contribution in [0.3, 0.4) is 0 Å². The normalized spacial score (nSPS) is 20.0. The first-order valence-corrected chi connectivity index (χ1v) is 13.1. The van der Waals surface area contributed by atoms with Crippen molar-refractivity contribution in [3.05, 3.63) is 34.3 Å². The monoisotopic (exact) mass is 463 g/mol. The molecule has 0 radical (unpaired) electrons. The lowest BCUT2D eigenvalue weighted by Gasteiger charge is -2.21. The van der Waals surface area contributed by atoms with Gasteiger partial charge < -0.3 is 4.74 Å². The Hall–Kier alpha value is -1.97. The predicted octanol–water partition coefficient (Wildman–Crippen LogP) is 4.09. The van der Waals surface area contributed by atoms with Crippen LogP contribution in [0.4, 0.5) is 5.13 Å². The molecule has 1 saturated heterocycles. The molecule has 9 heteroatoms. The summed E-state index contributed by atoms with van der Waals surface area (Å²) >= 11 is 1.51. The Bertz CT molecular complexity index is 1060. The molecule has 1 aliphatic heterocycles. The van der Waals surface area contributed by atoms with Gasteiger partial charge in [-0.1, -0.05) is 19.8 Å². The summed E-state index contributed by atoms with van der Waals surface area (Å²) in [5.41, 5.74) is 1.34. The van der Waals surface area contributed by atoms with Gasteiger partial charge >= 0.3 is 0 Å². The molecule has 0 spiro atoms. The maximum absolute atomic E-state index is 13.3. The zero-order chi connectivity index (χ0) is 22.0. The molecule has 1 amide bonds. The van der Waals surface area contributed by atoms with Crippen LogP contribution < -0.4 is 10.1 Å². The van der Waals surface area contributed by atoms with Crippen LogP contribution in [0.1, 0.15) is 60.0 Å². The number of aromatic nitrogens is 1. The quantitative estimate of drug-likeness (QED) is 0.721. The Kier molecular flexibility index (Phi) is 6.64. The van der Waals surface area contributed by atoms with Crippen LogP contribution in [-0.2, 0) is 22.9 Å². The highest BCUT2D eigenvalue weighted by Crippen LogP contribution is 2.33. The number of hydrogen-bond acceptors (Lipinski definition) is 6. The number of carbonyl (C=O) groups is 1. The maximum atomic E-state index is 13.3. The molecule has 2 heterocycles. The summed E-state index contributed by atoms with van der Waals surface area (Å²) in [6, 6.07) is 4.56. The second kappa shape index (κ2) is 9.26. The number of hydrogen-bond donors (Lipinski definition) is 1. The highest BCUT2D eigenvalue weighted by Gasteiger charge is 2.29. The molecular weight excluding hydrogens is 434 g/mol. The van der Waals surface area contributed by atoms with Crippen molar-refractivity contribution in [3.8, 4) is 5.75 Å². The van der Waals surface area contributed by atoms with Gasteiger partial charge in [-0.05, 0) is 56.2 Å². The molecule has 0 bridgehead atoms. The number of methoxy groups -OCH3 is 1. The number of nitrogens with one attached hydrogen (secondary N) is 1. The molecule has 4 rings (SSSR count). The molecule has 168 valence electrons. The van der Waals surface area contributed by atoms with Crippen LogP contribution in [0, 0.1) is 5.92 Å². The van der Waals surface area contributed by atoms with E-state index in [1.165, 1.54) is 33.7 Å². The molecule has 1 aromatic heterocycles. The molecule has 7 nitrogen and oxygen atoms in total. The Morgan fingerprint density at radius 2 is 1.97 bits per heavy atom. The Morgan fingerprint density at radius 3 is 2.68 bits per heavy atom. The number of fused-ring (bicyclic) bond motifs is 1. The number of thiazole rings is 1. The highest BCUT2D eigenvalue weighted by molar-refractivity contribution is 7.89. The third-order valence-corrected chi connectivity index (χ3v) is 8.97. The van der Waals surface area contributed by atoms with Gasteiger partial charge in [-0.2, -0.15) is 4.31 Å². The first-order chi connectivity index (χ1) is 14.9. The van der Waals surface area contributed by atoms with Gasteiger partial charge in [0, 0.05) is 23.5 Å². The number of benzene rings is 1. The van der Waals surface area contributed by atoms with Crippen molar-refractivity contribution in [3.63, 3.8) is 0 Å². The third-order valence-electron chi connectivity index (χ3n) is 6.02. The van der Waals surface area contributed by atoms with Crippen molar-refractivity contribution >= 4 is 32.4 Å². The molecule has 1 N–H and O–H groups in total. The summed E-state index contributed by atoms with van der Waals surface area (Å²) in [6.45, 7) is 3.21. The van der Waals surface area contributed by atoms with E-state index in [2.05, 4.69) is 17.2 Å². The molecule has 1 fully saturated rings. The fraction of sp³-hybridized carbons (Fsp3) is 0.545. The number of carbonyl (C=O) groups excluding carboxylic acids is 1. The van der Waals surface area contributed by atoms with Gasteiger partial charge in [0.1, 0.15) is 10.6 Å². The minimum Gasteiger partial charge on any atom is -0.495 e. The lowest BCUT2D eigenvalue weighted by atomic mass is 9.93. The minimum atomic E-state index is -3.75. The number of aryl methyl sites for hydroxylation is 1. The Morgan fingerprint density at radius 1 is 1.23 bits per heavy atom. The number of sulfonamides is 1. The molecule has 31 heavy (non-hydrogen) atoms. The van der Waals surface area contributed by atoms with E-state index in [4.69, 9.17) is 4.74 Å². The van der Waals surface area contributed by atoms with Gasteiger partial charge in [0.2, 0.25) is 10.0 Å². The maximum Gasteiger partial charge on any atom is 0.257 e. The number of amides is 1. The van der Waals surface area contributed by atoms with Crippen LogP contribution in [-0.4, -0.2) is 43.8 Å². The SMILES string of the molecule is COc1ccc(C(=O)Nc2nc3c(s2)CC(C)CC3)cc1S(=O)(=O)N1CCCCCC1. The fourth-order valence-corrected chi connectivity index (χ4v) is 7.07. The molecular formula is C22H29N3O4S2. The van der Waals surface area contributed by atoms with E-state index < -0.39 is 10.0 Å². The number of ether oxygens (including phenoxy) is 1. The van der Waals surface area contributed by atoms with Crippen molar-refractivity contribution in [2.75, 3.05) is 25.5 Å². The first kappa shape index (κ1) is 22.2. The second-order valence-electron chi connectivity index (χ2n) is 8.37. The zero-order valence-electron chi connectivity index (χ0n) is 18.0. The van der Waals surface area contributed by atoms with E-state index in [9.17, 15) is 13.2 Å². The minimum absolute atomic E-state index is 0.0387. The van der Waals surface area contributed by atoms with Crippen LogP contribution in [0.15, 0.2) is 23.1 Å². The van der Waals surface area contributed by atoms with E-state index in [0.717, 1.165) is 50.6 Å². The highest BCUT2D eigenvalue weighted by atomic mass is 32.2. The van der Waals surface area contributed by atoms with Crippen LogP contribution >= 0.6 is 11.3 Å². The summed E-state index contributed by atoms with van der Waals surface area (Å²) in [6.07, 6.45) is 6.78. The summed E-state index contributed by atoms with van der Waals surface area (Å²) < 4.78 is 33.5. The van der Waals surface area contributed by atoms with Gasteiger partial charge in [-0.15, -0.1) is 11.3 Å². The Balaban J connectivity index is 1.59. The summed E-state index contributed by atoms with van der Waals surface area (Å²) in [7, 11) is -2.31. The van der Waals surface area contributed by atoms with E-state index in [0.29, 0.717) is 24.1 Å². The third kappa shape index (κ3) is 4.78. The molecule has 0 saturated carbocycles. The number of anilines is 1. The summed E-state index contributed by atoms with van der Waals surface area (Å²) in [5, 5.41) is 3.42. The van der Waals surface area contributed by atoms with Crippen molar-refractivity contribution in [1.29, 1.82) is 0 Å². The van der Waals surface area contributed by atoms with Crippen molar-refractivity contribution in [2.24, 2.45) is 5.92 Å². The van der Waals surface area contributed by atoms with E-state index >= 15 is 0 Å². The van der Waals surface area contributed by atoms with Gasteiger partial charge in [0.05, 0.1) is 12.8 Å². The average molecular weight is 464 g/mol. The van der Waals surface area contributed by atoms with E-state index in [-0.39, 0.29) is 22.1 Å². The molecule has 1 aliphatic carbocycles. The van der Waals surface area contributed by atoms with E-state index in [1.807, 2.05) is 0 Å². The van der Waals surface area contributed by atoms with Crippen LogP contribution in [0.25, 0.3) is 0 Å². The average Bonchev–Trinajstić information content (AvgIpc) is 2.95. The molecule has 1 aromatic carbocycles.